The van der Waals surface area contributed by atoms with E-state index in [9.17, 15) is 0 Å². The molecule has 3 nitrogen and oxygen atoms in total. The van der Waals surface area contributed by atoms with Crippen LogP contribution < -0.4 is 4.74 Å². The first-order valence-electron chi connectivity index (χ1n) is 6.86. The van der Waals surface area contributed by atoms with Crippen molar-refractivity contribution in [2.75, 3.05) is 19.8 Å². The Hall–Kier alpha value is -1.32. The lowest BCUT2D eigenvalue weighted by molar-refractivity contribution is 0.0823. The van der Waals surface area contributed by atoms with Gasteiger partial charge in [0.2, 0.25) is 0 Å². The molecule has 0 N–H and O–H groups in total. The molecule has 0 atom stereocenters. The van der Waals surface area contributed by atoms with E-state index in [1.165, 1.54) is 0 Å². The number of rotatable bonds is 7. The largest absolute Gasteiger partial charge is 0.490 e. The lowest BCUT2D eigenvalue weighted by atomic mass is 10.2. The Morgan fingerprint density at radius 1 is 1.20 bits per heavy atom. The molecule has 0 amide bonds. The Balaban J connectivity index is 2.04. The lowest BCUT2D eigenvalue weighted by Crippen LogP contribution is -2.10. The minimum absolute atomic E-state index is 0.380. The van der Waals surface area contributed by atoms with Crippen LogP contribution in [-0.4, -0.2) is 24.8 Å². The Morgan fingerprint density at radius 2 is 2.00 bits per heavy atom. The van der Waals surface area contributed by atoms with Crippen LogP contribution in [0.15, 0.2) is 30.3 Å². The van der Waals surface area contributed by atoms with Crippen LogP contribution in [0.2, 0.25) is 0 Å². The third-order valence-corrected chi connectivity index (χ3v) is 3.08. The Kier molecular flexibility index (Phi) is 5.62. The molecule has 0 aliphatic rings. The van der Waals surface area contributed by atoms with Gasteiger partial charge in [-0.1, -0.05) is 26.0 Å². The zero-order valence-corrected chi connectivity index (χ0v) is 12.7. The monoisotopic (exact) mass is 293 g/mol. The number of benzene rings is 1. The third-order valence-electron chi connectivity index (χ3n) is 2.80. The zero-order valence-electron chi connectivity index (χ0n) is 11.9. The fourth-order valence-electron chi connectivity index (χ4n) is 1.91. The summed E-state index contributed by atoms with van der Waals surface area (Å²) in [7, 11) is 0. The van der Waals surface area contributed by atoms with E-state index in [0.29, 0.717) is 25.0 Å². The van der Waals surface area contributed by atoms with Gasteiger partial charge in [0.1, 0.15) is 12.4 Å². The van der Waals surface area contributed by atoms with Gasteiger partial charge in [-0.3, -0.25) is 4.98 Å². The van der Waals surface area contributed by atoms with Gasteiger partial charge < -0.3 is 9.47 Å². The predicted molar refractivity (Wildman–Crippen MR) is 82.5 cm³/mol. The summed E-state index contributed by atoms with van der Waals surface area (Å²) in [4.78, 5) is 4.48. The zero-order chi connectivity index (χ0) is 14.4. The van der Waals surface area contributed by atoms with Crippen molar-refractivity contribution in [3.63, 3.8) is 0 Å². The molecular weight excluding hydrogens is 274 g/mol. The second kappa shape index (κ2) is 7.46. The number of ether oxygens (including phenoxy) is 2. The molecule has 0 aliphatic heterocycles. The Labute approximate surface area is 124 Å². The van der Waals surface area contributed by atoms with E-state index in [0.717, 1.165) is 29.0 Å². The van der Waals surface area contributed by atoms with Crippen molar-refractivity contribution >= 4 is 22.5 Å². The maximum absolute atomic E-state index is 5.88. The molecule has 1 aromatic heterocycles. The van der Waals surface area contributed by atoms with Gasteiger partial charge in [-0.2, -0.15) is 0 Å². The van der Waals surface area contributed by atoms with Crippen molar-refractivity contribution in [2.24, 2.45) is 5.92 Å². The number of para-hydroxylation sites is 1. The van der Waals surface area contributed by atoms with Crippen molar-refractivity contribution in [2.45, 2.75) is 19.7 Å². The summed E-state index contributed by atoms with van der Waals surface area (Å²) in [6.07, 6.45) is 0. The molecule has 0 aliphatic carbocycles. The smallest absolute Gasteiger partial charge is 0.130 e. The van der Waals surface area contributed by atoms with Crippen LogP contribution in [0.25, 0.3) is 10.9 Å². The van der Waals surface area contributed by atoms with Gasteiger partial charge in [0, 0.05) is 18.1 Å². The van der Waals surface area contributed by atoms with Crippen LogP contribution in [0.4, 0.5) is 0 Å². The van der Waals surface area contributed by atoms with Crippen LogP contribution in [-0.2, 0) is 10.6 Å². The van der Waals surface area contributed by atoms with Crippen molar-refractivity contribution in [3.05, 3.63) is 36.0 Å². The van der Waals surface area contributed by atoms with Gasteiger partial charge in [-0.25, -0.2) is 0 Å². The first-order valence-corrected chi connectivity index (χ1v) is 7.39. The molecular formula is C16H20ClNO2. The van der Waals surface area contributed by atoms with Gasteiger partial charge in [-0.05, 0) is 18.1 Å². The minimum Gasteiger partial charge on any atom is -0.490 e. The molecule has 0 bridgehead atoms. The molecule has 0 saturated carbocycles. The molecule has 2 aromatic rings. The molecule has 0 radical (unpaired) electrons. The summed E-state index contributed by atoms with van der Waals surface area (Å²) >= 11 is 5.88. The first-order chi connectivity index (χ1) is 9.70. The van der Waals surface area contributed by atoms with Crippen molar-refractivity contribution in [1.82, 2.24) is 4.98 Å². The summed E-state index contributed by atoms with van der Waals surface area (Å²) in [6.45, 7) is 6.13. The standard InChI is InChI=1S/C16H20ClNO2/c1-12(2)11-19-7-8-20-16-9-13(10-17)18-15-6-4-3-5-14(15)16/h3-6,9,12H,7-8,10-11H2,1-2H3. The van der Waals surface area contributed by atoms with Crippen LogP contribution in [0, 0.1) is 5.92 Å². The van der Waals surface area contributed by atoms with E-state index in [4.69, 9.17) is 21.1 Å². The molecule has 0 spiro atoms. The number of hydrogen-bond donors (Lipinski definition) is 0. The predicted octanol–water partition coefficient (Wildman–Crippen LogP) is 4.03. The molecule has 20 heavy (non-hydrogen) atoms. The van der Waals surface area contributed by atoms with Gasteiger partial charge in [0.05, 0.1) is 23.7 Å². The molecule has 108 valence electrons. The van der Waals surface area contributed by atoms with E-state index < -0.39 is 0 Å². The van der Waals surface area contributed by atoms with Crippen LogP contribution in [0.3, 0.4) is 0 Å². The number of nitrogens with zero attached hydrogens (tertiary/aromatic N) is 1. The average molecular weight is 294 g/mol. The SMILES string of the molecule is CC(C)COCCOc1cc(CCl)nc2ccccc12. The molecule has 0 unspecified atom stereocenters. The molecule has 0 saturated heterocycles. The number of halogens is 1. The van der Waals surface area contributed by atoms with E-state index in [-0.39, 0.29) is 0 Å². The highest BCUT2D eigenvalue weighted by molar-refractivity contribution is 6.17. The molecule has 0 fully saturated rings. The van der Waals surface area contributed by atoms with E-state index in [1.54, 1.807) is 0 Å². The molecule has 4 heteroatoms. The summed E-state index contributed by atoms with van der Waals surface area (Å²) in [5.41, 5.74) is 1.73. The highest BCUT2D eigenvalue weighted by Crippen LogP contribution is 2.25. The van der Waals surface area contributed by atoms with Gasteiger partial charge in [0.25, 0.3) is 0 Å². The first kappa shape index (κ1) is 15.1. The average Bonchev–Trinajstić information content (AvgIpc) is 2.46. The number of aromatic nitrogens is 1. The Bertz CT molecular complexity index is 557. The summed E-state index contributed by atoms with van der Waals surface area (Å²) in [6, 6.07) is 9.81. The van der Waals surface area contributed by atoms with Gasteiger partial charge >= 0.3 is 0 Å². The van der Waals surface area contributed by atoms with Crippen LogP contribution in [0.1, 0.15) is 19.5 Å². The van der Waals surface area contributed by atoms with Gasteiger partial charge in [-0.15, -0.1) is 11.6 Å². The second-order valence-electron chi connectivity index (χ2n) is 5.08. The number of fused-ring (bicyclic) bond motifs is 1. The van der Waals surface area contributed by atoms with E-state index >= 15 is 0 Å². The van der Waals surface area contributed by atoms with Crippen molar-refractivity contribution < 1.29 is 9.47 Å². The summed E-state index contributed by atoms with van der Waals surface area (Å²) in [5.74, 6) is 1.74. The third kappa shape index (κ3) is 4.09. The molecule has 1 aromatic carbocycles. The Morgan fingerprint density at radius 3 is 2.75 bits per heavy atom. The summed E-state index contributed by atoms with van der Waals surface area (Å²) in [5, 5.41) is 1.00. The quantitative estimate of drug-likeness (QED) is 0.570. The van der Waals surface area contributed by atoms with Crippen LogP contribution in [0.5, 0.6) is 5.75 Å². The van der Waals surface area contributed by atoms with E-state index in [1.807, 2.05) is 30.3 Å². The van der Waals surface area contributed by atoms with Gasteiger partial charge in [0.15, 0.2) is 0 Å². The second-order valence-corrected chi connectivity index (χ2v) is 5.35. The maximum atomic E-state index is 5.88. The normalized spacial score (nSPS) is 11.2. The van der Waals surface area contributed by atoms with Crippen molar-refractivity contribution in [3.8, 4) is 5.75 Å². The number of alkyl halides is 1. The van der Waals surface area contributed by atoms with Crippen molar-refractivity contribution in [1.29, 1.82) is 0 Å². The topological polar surface area (TPSA) is 31.4 Å². The molecule has 1 heterocycles. The maximum Gasteiger partial charge on any atom is 0.130 e. The lowest BCUT2D eigenvalue weighted by Gasteiger charge is -2.11. The van der Waals surface area contributed by atoms with E-state index in [2.05, 4.69) is 18.8 Å². The fraction of sp³-hybridized carbons (Fsp3) is 0.438. The van der Waals surface area contributed by atoms with Crippen LogP contribution >= 0.6 is 11.6 Å². The highest BCUT2D eigenvalue weighted by Gasteiger charge is 2.06. The summed E-state index contributed by atoms with van der Waals surface area (Å²) < 4.78 is 11.3. The number of hydrogen-bond acceptors (Lipinski definition) is 3. The minimum atomic E-state index is 0.380. The molecule has 2 rings (SSSR count). The highest BCUT2D eigenvalue weighted by atomic mass is 35.5. The fourth-order valence-corrected chi connectivity index (χ4v) is 2.05. The number of pyridine rings is 1.